The number of aryl methyl sites for hydroxylation is 1. The van der Waals surface area contributed by atoms with Crippen molar-refractivity contribution in [1.29, 1.82) is 0 Å². The van der Waals surface area contributed by atoms with Gasteiger partial charge in [0.25, 0.3) is 5.91 Å². The first-order valence-electron chi connectivity index (χ1n) is 12.5. The molecule has 2 aliphatic rings. The quantitative estimate of drug-likeness (QED) is 0.633. The molecule has 0 radical (unpaired) electrons. The minimum atomic E-state index is -3.46. The van der Waals surface area contributed by atoms with Crippen molar-refractivity contribution in [2.75, 3.05) is 26.2 Å². The monoisotopic (exact) mass is 498 g/mol. The van der Waals surface area contributed by atoms with Crippen LogP contribution >= 0.6 is 0 Å². The maximum atomic E-state index is 12.9. The van der Waals surface area contributed by atoms with Crippen LogP contribution in [0.2, 0.25) is 0 Å². The van der Waals surface area contributed by atoms with Crippen LogP contribution in [0.15, 0.2) is 53.7 Å². The lowest BCUT2D eigenvalue weighted by Crippen LogP contribution is -2.46. The third-order valence-electron chi connectivity index (χ3n) is 6.86. The molecule has 8 nitrogen and oxygen atoms in total. The average Bonchev–Trinajstić information content (AvgIpc) is 3.19. The van der Waals surface area contributed by atoms with Gasteiger partial charge in [0.1, 0.15) is 0 Å². The van der Waals surface area contributed by atoms with Gasteiger partial charge in [0, 0.05) is 51.0 Å². The van der Waals surface area contributed by atoms with Crippen LogP contribution < -0.4 is 5.32 Å². The zero-order valence-electron chi connectivity index (χ0n) is 20.1. The highest BCUT2D eigenvalue weighted by atomic mass is 32.2. The number of aromatic nitrogens is 1. The number of sulfonamides is 1. The van der Waals surface area contributed by atoms with E-state index in [1.807, 2.05) is 17.0 Å². The van der Waals surface area contributed by atoms with Crippen LogP contribution in [-0.4, -0.2) is 66.6 Å². The van der Waals surface area contributed by atoms with E-state index in [-0.39, 0.29) is 17.9 Å². The Morgan fingerprint density at radius 2 is 1.63 bits per heavy atom. The number of amides is 2. The third-order valence-corrected chi connectivity index (χ3v) is 8.77. The predicted molar refractivity (Wildman–Crippen MR) is 133 cm³/mol. The number of carbonyl (C=O) groups is 2. The maximum Gasteiger partial charge on any atom is 0.253 e. The molecule has 35 heavy (non-hydrogen) atoms. The van der Waals surface area contributed by atoms with Gasteiger partial charge in [0.15, 0.2) is 0 Å². The van der Waals surface area contributed by atoms with Crippen molar-refractivity contribution in [2.24, 2.45) is 0 Å². The first-order chi connectivity index (χ1) is 16.9. The van der Waals surface area contributed by atoms with Gasteiger partial charge in [0.2, 0.25) is 15.9 Å². The van der Waals surface area contributed by atoms with E-state index in [4.69, 9.17) is 0 Å². The molecule has 2 aromatic rings. The van der Waals surface area contributed by atoms with E-state index < -0.39 is 10.0 Å². The Labute approximate surface area is 207 Å². The molecule has 188 valence electrons. The zero-order valence-corrected chi connectivity index (χ0v) is 20.9. The number of nitrogens with one attached hydrogen (secondary N) is 1. The number of pyridine rings is 1. The molecule has 9 heteroatoms. The van der Waals surface area contributed by atoms with Crippen molar-refractivity contribution in [3.05, 3.63) is 59.9 Å². The average molecular weight is 499 g/mol. The molecule has 0 bridgehead atoms. The molecule has 0 aliphatic carbocycles. The number of piperidine rings is 1. The van der Waals surface area contributed by atoms with Gasteiger partial charge in [-0.2, -0.15) is 4.31 Å². The summed E-state index contributed by atoms with van der Waals surface area (Å²) in [5, 5.41) is 3.03. The highest BCUT2D eigenvalue weighted by molar-refractivity contribution is 7.89. The lowest BCUT2D eigenvalue weighted by molar-refractivity contribution is -0.132. The van der Waals surface area contributed by atoms with Crippen molar-refractivity contribution in [1.82, 2.24) is 19.5 Å². The minimum Gasteiger partial charge on any atom is -0.349 e. The van der Waals surface area contributed by atoms with Crippen LogP contribution in [0.1, 0.15) is 60.9 Å². The van der Waals surface area contributed by atoms with Crippen LogP contribution in [-0.2, 0) is 21.2 Å². The molecule has 1 aromatic carbocycles. The topological polar surface area (TPSA) is 99.7 Å². The number of rotatable bonds is 7. The Balaban J connectivity index is 1.23. The highest BCUT2D eigenvalue weighted by Gasteiger charge is 2.26. The summed E-state index contributed by atoms with van der Waals surface area (Å²) in [5.74, 6) is -0.0486. The van der Waals surface area contributed by atoms with Crippen LogP contribution in [0.5, 0.6) is 0 Å². The van der Waals surface area contributed by atoms with Gasteiger partial charge < -0.3 is 10.2 Å². The van der Waals surface area contributed by atoms with Gasteiger partial charge in [-0.15, -0.1) is 0 Å². The van der Waals surface area contributed by atoms with Crippen LogP contribution in [0.3, 0.4) is 0 Å². The molecule has 2 fully saturated rings. The molecule has 1 aromatic heterocycles. The number of hydrogen-bond acceptors (Lipinski definition) is 5. The number of nitrogens with zero attached hydrogens (tertiary/aromatic N) is 3. The molecule has 0 atom stereocenters. The predicted octanol–water partition coefficient (Wildman–Crippen LogP) is 3.00. The number of benzene rings is 1. The molecule has 0 spiro atoms. The Morgan fingerprint density at radius 1 is 0.943 bits per heavy atom. The fourth-order valence-electron chi connectivity index (χ4n) is 4.71. The van der Waals surface area contributed by atoms with E-state index in [1.165, 1.54) is 0 Å². The fourth-order valence-corrected chi connectivity index (χ4v) is 6.22. The molecule has 0 unspecified atom stereocenters. The second-order valence-corrected chi connectivity index (χ2v) is 11.3. The first-order valence-corrected chi connectivity index (χ1v) is 14.0. The summed E-state index contributed by atoms with van der Waals surface area (Å²) in [5.41, 5.74) is 1.49. The van der Waals surface area contributed by atoms with Crippen molar-refractivity contribution < 1.29 is 18.0 Å². The van der Waals surface area contributed by atoms with E-state index in [0.717, 1.165) is 44.1 Å². The van der Waals surface area contributed by atoms with Crippen molar-refractivity contribution in [3.8, 4) is 0 Å². The summed E-state index contributed by atoms with van der Waals surface area (Å²) in [7, 11) is -3.46. The smallest absolute Gasteiger partial charge is 0.253 e. The molecule has 2 saturated heterocycles. The second-order valence-electron chi connectivity index (χ2n) is 9.33. The fraction of sp³-hybridized carbons (Fsp3) is 0.500. The van der Waals surface area contributed by atoms with E-state index in [9.17, 15) is 18.0 Å². The number of likely N-dealkylation sites (tertiary alicyclic amines) is 1. The van der Waals surface area contributed by atoms with Gasteiger partial charge >= 0.3 is 0 Å². The summed E-state index contributed by atoms with van der Waals surface area (Å²) in [6, 6.07) is 10.5. The molecule has 4 rings (SSSR count). The molecule has 2 amide bonds. The van der Waals surface area contributed by atoms with E-state index in [2.05, 4.69) is 10.3 Å². The van der Waals surface area contributed by atoms with Crippen molar-refractivity contribution >= 4 is 21.8 Å². The second kappa shape index (κ2) is 11.8. The lowest BCUT2D eigenvalue weighted by Gasteiger charge is -2.32. The highest BCUT2D eigenvalue weighted by Crippen LogP contribution is 2.21. The third kappa shape index (κ3) is 6.67. The normalized spacial score (nSPS) is 18.1. The van der Waals surface area contributed by atoms with Crippen molar-refractivity contribution in [2.45, 2.75) is 62.3 Å². The molecule has 1 N–H and O–H groups in total. The zero-order chi connectivity index (χ0) is 24.7. The number of hydrogen-bond donors (Lipinski definition) is 1. The largest absolute Gasteiger partial charge is 0.349 e. The summed E-state index contributed by atoms with van der Waals surface area (Å²) in [6.07, 6.45) is 9.56. The summed E-state index contributed by atoms with van der Waals surface area (Å²) in [4.78, 5) is 31.2. The van der Waals surface area contributed by atoms with Crippen LogP contribution in [0.25, 0.3) is 0 Å². The van der Waals surface area contributed by atoms with Gasteiger partial charge in [0.05, 0.1) is 10.5 Å². The summed E-state index contributed by atoms with van der Waals surface area (Å²) in [6.45, 7) is 2.40. The molecule has 2 aliphatic heterocycles. The maximum absolute atomic E-state index is 12.9. The van der Waals surface area contributed by atoms with Gasteiger partial charge in [-0.3, -0.25) is 14.6 Å². The number of carbonyl (C=O) groups excluding carboxylic acids is 2. The Bertz CT molecular complexity index is 1090. The Morgan fingerprint density at radius 3 is 2.26 bits per heavy atom. The SMILES string of the molecule is O=C(NC1CCN(C(=O)CCc2ccc(S(=O)(=O)N3CCCCCC3)cc2)CC1)c1cccnc1. The van der Waals surface area contributed by atoms with Crippen molar-refractivity contribution in [3.63, 3.8) is 0 Å². The minimum absolute atomic E-state index is 0.0467. The van der Waals surface area contributed by atoms with E-state index in [0.29, 0.717) is 49.5 Å². The molecular weight excluding hydrogens is 464 g/mol. The Kier molecular flexibility index (Phi) is 8.51. The summed E-state index contributed by atoms with van der Waals surface area (Å²) >= 11 is 0. The van der Waals surface area contributed by atoms with E-state index >= 15 is 0 Å². The van der Waals surface area contributed by atoms with Gasteiger partial charge in [-0.25, -0.2) is 8.42 Å². The molecule has 0 saturated carbocycles. The Hall–Kier alpha value is -2.78. The first kappa shape index (κ1) is 25.3. The lowest BCUT2D eigenvalue weighted by atomic mass is 10.0. The standard InChI is InChI=1S/C26H34N4O4S/c31-25(29-18-13-23(14-19-29)28-26(32)22-6-5-15-27-20-22)12-9-21-7-10-24(11-8-21)35(33,34)30-16-3-1-2-4-17-30/h5-8,10-11,15,20,23H,1-4,9,12-14,16-19H2,(H,28,32). The molecule has 3 heterocycles. The van der Waals surface area contributed by atoms with Crippen LogP contribution in [0.4, 0.5) is 0 Å². The van der Waals surface area contributed by atoms with E-state index in [1.54, 1.807) is 41.0 Å². The van der Waals surface area contributed by atoms with Gasteiger partial charge in [-0.05, 0) is 61.9 Å². The van der Waals surface area contributed by atoms with Gasteiger partial charge in [-0.1, -0.05) is 25.0 Å². The summed E-state index contributed by atoms with van der Waals surface area (Å²) < 4.78 is 27.5. The molecular formula is C26H34N4O4S. The van der Waals surface area contributed by atoms with Crippen LogP contribution in [0, 0.1) is 0 Å².